The van der Waals surface area contributed by atoms with E-state index in [0.717, 1.165) is 10.6 Å². The van der Waals surface area contributed by atoms with Gasteiger partial charge in [0, 0.05) is 10.6 Å². The zero-order valence-corrected chi connectivity index (χ0v) is 12.7. The summed E-state index contributed by atoms with van der Waals surface area (Å²) in [6, 6.07) is 16.9. The van der Waals surface area contributed by atoms with Gasteiger partial charge in [0.05, 0.1) is 0 Å². The molecule has 96 valence electrons. The summed E-state index contributed by atoms with van der Waals surface area (Å²) in [7, 11) is 0. The SMILES string of the molecule is Cc1ccccc1Cl.ClC(Cl)(Cl)c1ccccc1. The molecule has 2 rings (SSSR count). The Morgan fingerprint density at radius 1 is 0.778 bits per heavy atom. The van der Waals surface area contributed by atoms with Crippen LogP contribution in [0, 0.1) is 6.92 Å². The van der Waals surface area contributed by atoms with E-state index >= 15 is 0 Å². The number of benzene rings is 2. The first-order valence-corrected chi connectivity index (χ1v) is 6.76. The maximum absolute atomic E-state index is 5.71. The van der Waals surface area contributed by atoms with Gasteiger partial charge in [0.15, 0.2) is 0 Å². The molecule has 0 spiro atoms. The van der Waals surface area contributed by atoms with E-state index in [2.05, 4.69) is 0 Å². The Balaban J connectivity index is 0.000000184. The lowest BCUT2D eigenvalue weighted by Gasteiger charge is -2.09. The van der Waals surface area contributed by atoms with Crippen LogP contribution in [0.2, 0.25) is 5.02 Å². The van der Waals surface area contributed by atoms with Gasteiger partial charge in [0.1, 0.15) is 0 Å². The normalized spacial score (nSPS) is 10.5. The predicted octanol–water partition coefficient (Wildman–Crippen LogP) is 6.16. The largest absolute Gasteiger partial charge is 0.216 e. The zero-order chi connectivity index (χ0) is 13.6. The van der Waals surface area contributed by atoms with Crippen molar-refractivity contribution in [1.29, 1.82) is 0 Å². The highest BCUT2D eigenvalue weighted by molar-refractivity contribution is 6.66. The van der Waals surface area contributed by atoms with Crippen molar-refractivity contribution in [2.45, 2.75) is 10.7 Å². The Labute approximate surface area is 127 Å². The maximum Gasteiger partial charge on any atom is 0.216 e. The number of hydrogen-bond acceptors (Lipinski definition) is 0. The van der Waals surface area contributed by atoms with E-state index in [1.165, 1.54) is 0 Å². The Hall–Kier alpha value is -0.400. The molecule has 0 saturated carbocycles. The molecule has 4 heteroatoms. The smallest absolute Gasteiger partial charge is 0.0841 e. The number of hydrogen-bond donors (Lipinski definition) is 0. The highest BCUT2D eigenvalue weighted by atomic mass is 35.6. The van der Waals surface area contributed by atoms with Crippen molar-refractivity contribution in [2.75, 3.05) is 0 Å². The van der Waals surface area contributed by atoms with Gasteiger partial charge in [-0.05, 0) is 18.6 Å². The summed E-state index contributed by atoms with van der Waals surface area (Å²) in [6.07, 6.45) is 0. The number of halogens is 4. The second-order valence-corrected chi connectivity index (χ2v) is 6.30. The number of alkyl halides is 3. The molecule has 0 nitrogen and oxygen atoms in total. The fourth-order valence-corrected chi connectivity index (χ4v) is 1.69. The molecule has 0 radical (unpaired) electrons. The van der Waals surface area contributed by atoms with Crippen LogP contribution in [0.3, 0.4) is 0 Å². The van der Waals surface area contributed by atoms with E-state index in [0.29, 0.717) is 5.56 Å². The summed E-state index contributed by atoms with van der Waals surface area (Å²) in [5.41, 5.74) is 1.83. The molecule has 0 N–H and O–H groups in total. The Kier molecular flexibility index (Phi) is 6.31. The lowest BCUT2D eigenvalue weighted by molar-refractivity contribution is 1.24. The summed E-state index contributed by atoms with van der Waals surface area (Å²) < 4.78 is -1.29. The molecule has 0 aliphatic heterocycles. The van der Waals surface area contributed by atoms with Crippen LogP contribution in [0.5, 0.6) is 0 Å². The van der Waals surface area contributed by atoms with Crippen molar-refractivity contribution >= 4 is 46.4 Å². The van der Waals surface area contributed by atoms with Crippen LogP contribution >= 0.6 is 46.4 Å². The third-order valence-electron chi connectivity index (χ3n) is 2.18. The van der Waals surface area contributed by atoms with Crippen LogP contribution in [-0.4, -0.2) is 0 Å². The second-order valence-electron chi connectivity index (χ2n) is 3.61. The molecule has 0 fully saturated rings. The number of rotatable bonds is 0. The molecule has 0 atom stereocenters. The van der Waals surface area contributed by atoms with Crippen LogP contribution < -0.4 is 0 Å². The predicted molar refractivity (Wildman–Crippen MR) is 81.9 cm³/mol. The highest BCUT2D eigenvalue weighted by Gasteiger charge is 2.21. The average molecular weight is 322 g/mol. The van der Waals surface area contributed by atoms with Gasteiger partial charge in [0.2, 0.25) is 3.79 Å². The Morgan fingerprint density at radius 3 is 1.61 bits per heavy atom. The number of aryl methyl sites for hydroxylation is 1. The lowest BCUT2D eigenvalue weighted by atomic mass is 10.2. The summed E-state index contributed by atoms with van der Waals surface area (Å²) in [5.74, 6) is 0. The molecule has 0 amide bonds. The van der Waals surface area contributed by atoms with Crippen molar-refractivity contribution in [3.8, 4) is 0 Å². The molecule has 18 heavy (non-hydrogen) atoms. The van der Waals surface area contributed by atoms with Crippen LogP contribution in [0.1, 0.15) is 11.1 Å². The molecule has 0 aliphatic carbocycles. The molecule has 0 unspecified atom stereocenters. The minimum absolute atomic E-state index is 0.694. The standard InChI is InChI=1S/C7H5Cl3.C7H7Cl/c8-7(9,10)6-4-2-1-3-5-6;1-6-4-2-3-5-7(6)8/h1-5H;2-5H,1H3. The van der Waals surface area contributed by atoms with E-state index in [1.807, 2.05) is 49.4 Å². The quantitative estimate of drug-likeness (QED) is 0.509. The molecule has 0 aromatic heterocycles. The Bertz CT molecular complexity index is 454. The molecule has 0 heterocycles. The van der Waals surface area contributed by atoms with Crippen LogP contribution in [0.15, 0.2) is 54.6 Å². The van der Waals surface area contributed by atoms with Crippen molar-refractivity contribution in [2.24, 2.45) is 0 Å². The van der Waals surface area contributed by atoms with Crippen molar-refractivity contribution < 1.29 is 0 Å². The van der Waals surface area contributed by atoms with Gasteiger partial charge in [-0.25, -0.2) is 0 Å². The third-order valence-corrected chi connectivity index (χ3v) is 3.26. The van der Waals surface area contributed by atoms with Gasteiger partial charge in [-0.3, -0.25) is 0 Å². The maximum atomic E-state index is 5.71. The summed E-state index contributed by atoms with van der Waals surface area (Å²) >= 11 is 22.5. The zero-order valence-electron chi connectivity index (χ0n) is 9.71. The second kappa shape index (κ2) is 7.25. The Morgan fingerprint density at radius 2 is 1.28 bits per heavy atom. The van der Waals surface area contributed by atoms with Gasteiger partial charge in [-0.2, -0.15) is 0 Å². The average Bonchev–Trinajstić information content (AvgIpc) is 2.34. The highest BCUT2D eigenvalue weighted by Crippen LogP contribution is 2.37. The lowest BCUT2D eigenvalue weighted by Crippen LogP contribution is -1.98. The van der Waals surface area contributed by atoms with E-state index in [4.69, 9.17) is 46.4 Å². The summed E-state index contributed by atoms with van der Waals surface area (Å²) in [4.78, 5) is 0. The van der Waals surface area contributed by atoms with Gasteiger partial charge < -0.3 is 0 Å². The monoisotopic (exact) mass is 320 g/mol. The first-order chi connectivity index (χ1) is 8.41. The minimum Gasteiger partial charge on any atom is -0.0841 e. The minimum atomic E-state index is -1.29. The molecule has 2 aromatic carbocycles. The molecule has 2 aromatic rings. The van der Waals surface area contributed by atoms with E-state index in [-0.39, 0.29) is 0 Å². The fourth-order valence-electron chi connectivity index (χ4n) is 1.18. The van der Waals surface area contributed by atoms with Crippen molar-refractivity contribution in [3.05, 3.63) is 70.7 Å². The van der Waals surface area contributed by atoms with Crippen molar-refractivity contribution in [3.63, 3.8) is 0 Å². The molecule has 0 aliphatic rings. The van der Waals surface area contributed by atoms with E-state index < -0.39 is 3.79 Å². The fraction of sp³-hybridized carbons (Fsp3) is 0.143. The molecular formula is C14H12Cl4. The molecule has 0 bridgehead atoms. The summed E-state index contributed by atoms with van der Waals surface area (Å²) in [5, 5.41) is 0.840. The molecule has 0 saturated heterocycles. The summed E-state index contributed by atoms with van der Waals surface area (Å²) in [6.45, 7) is 1.99. The van der Waals surface area contributed by atoms with E-state index in [9.17, 15) is 0 Å². The van der Waals surface area contributed by atoms with Gasteiger partial charge >= 0.3 is 0 Å². The van der Waals surface area contributed by atoms with Crippen LogP contribution in [-0.2, 0) is 3.79 Å². The van der Waals surface area contributed by atoms with Crippen molar-refractivity contribution in [1.82, 2.24) is 0 Å². The first kappa shape index (κ1) is 15.7. The third kappa shape index (κ3) is 5.49. The molecular weight excluding hydrogens is 310 g/mol. The van der Waals surface area contributed by atoms with Crippen LogP contribution in [0.25, 0.3) is 0 Å². The topological polar surface area (TPSA) is 0 Å². The van der Waals surface area contributed by atoms with Gasteiger partial charge in [-0.1, -0.05) is 94.9 Å². The van der Waals surface area contributed by atoms with Gasteiger partial charge in [0.25, 0.3) is 0 Å². The first-order valence-electron chi connectivity index (χ1n) is 5.24. The van der Waals surface area contributed by atoms with Gasteiger partial charge in [-0.15, -0.1) is 0 Å². The van der Waals surface area contributed by atoms with E-state index in [1.54, 1.807) is 12.1 Å². The van der Waals surface area contributed by atoms with Crippen LogP contribution in [0.4, 0.5) is 0 Å².